The highest BCUT2D eigenvalue weighted by molar-refractivity contribution is 6.04. The molecule has 1 aromatic rings. The Hall–Kier alpha value is -2.60. The quantitative estimate of drug-likeness (QED) is 0.652. The van der Waals surface area contributed by atoms with Crippen molar-refractivity contribution in [3.63, 3.8) is 0 Å². The van der Waals surface area contributed by atoms with Gasteiger partial charge < -0.3 is 18.9 Å². The van der Waals surface area contributed by atoms with E-state index in [1.165, 1.54) is 7.11 Å². The lowest BCUT2D eigenvalue weighted by Gasteiger charge is -2.28. The van der Waals surface area contributed by atoms with Gasteiger partial charge in [0.05, 0.1) is 31.7 Å². The minimum Gasteiger partial charge on any atom is -0.497 e. The lowest BCUT2D eigenvalue weighted by atomic mass is 9.79. The highest BCUT2D eigenvalue weighted by atomic mass is 16.5. The molecule has 2 aliphatic rings. The Labute approximate surface area is 171 Å². The van der Waals surface area contributed by atoms with E-state index in [1.807, 2.05) is 32.1 Å². The zero-order chi connectivity index (χ0) is 21.2. The van der Waals surface area contributed by atoms with E-state index in [4.69, 9.17) is 18.9 Å². The number of ketones is 1. The van der Waals surface area contributed by atoms with Crippen molar-refractivity contribution in [2.45, 2.75) is 44.3 Å². The molecule has 1 aliphatic heterocycles. The summed E-state index contributed by atoms with van der Waals surface area (Å²) in [5, 5.41) is 0. The lowest BCUT2D eigenvalue weighted by Crippen LogP contribution is -2.38. The highest BCUT2D eigenvalue weighted by Gasteiger charge is 2.47. The molecule has 6 nitrogen and oxygen atoms in total. The molecule has 0 amide bonds. The van der Waals surface area contributed by atoms with Gasteiger partial charge in [-0.15, -0.1) is 0 Å². The normalized spacial score (nSPS) is 26.2. The van der Waals surface area contributed by atoms with E-state index in [2.05, 4.69) is 0 Å². The van der Waals surface area contributed by atoms with Crippen molar-refractivity contribution < 1.29 is 28.5 Å². The molecule has 0 bridgehead atoms. The second kappa shape index (κ2) is 8.41. The second-order valence-corrected chi connectivity index (χ2v) is 7.58. The lowest BCUT2D eigenvalue weighted by molar-refractivity contribution is -0.149. The zero-order valence-corrected chi connectivity index (χ0v) is 17.6. The van der Waals surface area contributed by atoms with Crippen molar-refractivity contribution >= 4 is 11.8 Å². The highest BCUT2D eigenvalue weighted by Crippen LogP contribution is 2.45. The third kappa shape index (κ3) is 3.94. The van der Waals surface area contributed by atoms with Crippen LogP contribution in [0.25, 0.3) is 0 Å². The summed E-state index contributed by atoms with van der Waals surface area (Å²) in [7, 11) is 4.58. The van der Waals surface area contributed by atoms with Gasteiger partial charge in [0.25, 0.3) is 0 Å². The van der Waals surface area contributed by atoms with E-state index < -0.39 is 23.5 Å². The van der Waals surface area contributed by atoms with Crippen LogP contribution in [0.2, 0.25) is 0 Å². The summed E-state index contributed by atoms with van der Waals surface area (Å²) >= 11 is 0. The van der Waals surface area contributed by atoms with E-state index in [0.29, 0.717) is 29.9 Å². The van der Waals surface area contributed by atoms with Crippen molar-refractivity contribution in [3.05, 3.63) is 47.6 Å². The molecular formula is C23H28O6. The molecule has 0 N–H and O–H groups in total. The summed E-state index contributed by atoms with van der Waals surface area (Å²) in [6, 6.07) is 5.38. The Balaban J connectivity index is 2.00. The Bertz CT molecular complexity index is 855. The van der Waals surface area contributed by atoms with Crippen LogP contribution in [-0.4, -0.2) is 44.8 Å². The van der Waals surface area contributed by atoms with Gasteiger partial charge in [0.1, 0.15) is 17.6 Å². The van der Waals surface area contributed by atoms with Crippen LogP contribution in [-0.2, 0) is 19.1 Å². The van der Waals surface area contributed by atoms with Gasteiger partial charge in [0, 0.05) is 18.2 Å². The topological polar surface area (TPSA) is 71.1 Å². The fourth-order valence-corrected chi connectivity index (χ4v) is 3.91. The summed E-state index contributed by atoms with van der Waals surface area (Å²) in [4.78, 5) is 26.0. The number of ether oxygens (including phenoxy) is 4. The number of rotatable bonds is 7. The Morgan fingerprint density at radius 1 is 1.28 bits per heavy atom. The molecule has 6 heteroatoms. The standard InChI is InChI=1S/C23H28O6/c1-6-16(22(25)27-4)21-19(17-13-15(26-3)7-8-18(17)29-21)20(24)14-9-11-23(2,28-5)12-10-14/h7-11,13,16,19,21H,6,12H2,1-5H3. The number of carbonyl (C=O) groups excluding carboxylic acids is 2. The van der Waals surface area contributed by atoms with Crippen LogP contribution in [0.15, 0.2) is 42.0 Å². The molecule has 4 unspecified atom stereocenters. The Kier molecular flexibility index (Phi) is 6.13. The number of carbonyl (C=O) groups is 2. The molecular weight excluding hydrogens is 372 g/mol. The first-order valence-corrected chi connectivity index (χ1v) is 9.78. The molecule has 1 heterocycles. The van der Waals surface area contributed by atoms with Crippen LogP contribution >= 0.6 is 0 Å². The Morgan fingerprint density at radius 2 is 2.03 bits per heavy atom. The van der Waals surface area contributed by atoms with E-state index >= 15 is 0 Å². The zero-order valence-electron chi connectivity index (χ0n) is 17.6. The molecule has 0 saturated heterocycles. The van der Waals surface area contributed by atoms with Gasteiger partial charge in [-0.2, -0.15) is 0 Å². The third-order valence-electron chi connectivity index (χ3n) is 5.86. The Morgan fingerprint density at radius 3 is 2.59 bits per heavy atom. The maximum absolute atomic E-state index is 13.6. The number of benzene rings is 1. The van der Waals surface area contributed by atoms with Crippen LogP contribution in [0.5, 0.6) is 11.5 Å². The molecule has 29 heavy (non-hydrogen) atoms. The van der Waals surface area contributed by atoms with E-state index in [9.17, 15) is 9.59 Å². The first kappa shape index (κ1) is 21.1. The van der Waals surface area contributed by atoms with Gasteiger partial charge in [-0.3, -0.25) is 9.59 Å². The van der Waals surface area contributed by atoms with E-state index in [-0.39, 0.29) is 11.8 Å². The molecule has 1 aromatic carbocycles. The van der Waals surface area contributed by atoms with Crippen LogP contribution in [0.4, 0.5) is 0 Å². The SMILES string of the molecule is CCC(C(=O)OC)C1Oc2ccc(OC)cc2C1C(=O)C1=CCC(C)(OC)C=C1. The van der Waals surface area contributed by atoms with Gasteiger partial charge in [-0.25, -0.2) is 0 Å². The molecule has 0 saturated carbocycles. The summed E-state index contributed by atoms with van der Waals surface area (Å²) in [6.45, 7) is 3.85. The first-order valence-electron chi connectivity index (χ1n) is 9.78. The average molecular weight is 400 g/mol. The van der Waals surface area contributed by atoms with Gasteiger partial charge in [-0.05, 0) is 38.0 Å². The molecule has 0 fully saturated rings. The molecule has 3 rings (SSSR count). The fraction of sp³-hybridized carbons (Fsp3) is 0.478. The number of Topliss-reactive ketones (excluding diaryl/α,β-unsaturated/α-hetero) is 1. The van der Waals surface area contributed by atoms with Crippen LogP contribution in [0, 0.1) is 5.92 Å². The second-order valence-electron chi connectivity index (χ2n) is 7.58. The fourth-order valence-electron chi connectivity index (χ4n) is 3.91. The summed E-state index contributed by atoms with van der Waals surface area (Å²) in [5.41, 5.74) is 0.902. The number of hydrogen-bond donors (Lipinski definition) is 0. The predicted octanol–water partition coefficient (Wildman–Crippen LogP) is 3.60. The van der Waals surface area contributed by atoms with Gasteiger partial charge in [0.2, 0.25) is 0 Å². The molecule has 1 aliphatic carbocycles. The van der Waals surface area contributed by atoms with Crippen molar-refractivity contribution in [2.24, 2.45) is 5.92 Å². The van der Waals surface area contributed by atoms with Gasteiger partial charge in [-0.1, -0.05) is 25.2 Å². The van der Waals surface area contributed by atoms with Crippen LogP contribution in [0.1, 0.15) is 38.2 Å². The predicted molar refractivity (Wildman–Crippen MR) is 108 cm³/mol. The molecule has 4 atom stereocenters. The van der Waals surface area contributed by atoms with Crippen LogP contribution < -0.4 is 9.47 Å². The first-order chi connectivity index (χ1) is 13.9. The minimum absolute atomic E-state index is 0.0845. The largest absolute Gasteiger partial charge is 0.497 e. The number of fused-ring (bicyclic) bond motifs is 1. The summed E-state index contributed by atoms with van der Waals surface area (Å²) < 4.78 is 21.9. The number of allylic oxidation sites excluding steroid dienone is 2. The summed E-state index contributed by atoms with van der Waals surface area (Å²) in [6.07, 6.45) is 6.05. The average Bonchev–Trinajstić information content (AvgIpc) is 3.12. The number of hydrogen-bond acceptors (Lipinski definition) is 6. The van der Waals surface area contributed by atoms with Crippen molar-refractivity contribution in [1.82, 2.24) is 0 Å². The monoisotopic (exact) mass is 400 g/mol. The van der Waals surface area contributed by atoms with E-state index in [0.717, 1.165) is 5.56 Å². The third-order valence-corrected chi connectivity index (χ3v) is 5.86. The van der Waals surface area contributed by atoms with Gasteiger partial charge in [0.15, 0.2) is 5.78 Å². The van der Waals surface area contributed by atoms with Crippen LogP contribution in [0.3, 0.4) is 0 Å². The van der Waals surface area contributed by atoms with E-state index in [1.54, 1.807) is 32.4 Å². The maximum atomic E-state index is 13.6. The maximum Gasteiger partial charge on any atom is 0.312 e. The molecule has 0 spiro atoms. The van der Waals surface area contributed by atoms with Crippen molar-refractivity contribution in [2.75, 3.05) is 21.3 Å². The summed E-state index contributed by atoms with van der Waals surface area (Å²) in [5.74, 6) is -0.402. The minimum atomic E-state index is -0.632. The molecule has 0 aromatic heterocycles. The van der Waals surface area contributed by atoms with Gasteiger partial charge >= 0.3 is 5.97 Å². The number of methoxy groups -OCH3 is 3. The molecule has 156 valence electrons. The smallest absolute Gasteiger partial charge is 0.312 e. The van der Waals surface area contributed by atoms with Crippen molar-refractivity contribution in [1.29, 1.82) is 0 Å². The molecule has 0 radical (unpaired) electrons. The van der Waals surface area contributed by atoms with Crippen molar-refractivity contribution in [3.8, 4) is 11.5 Å². The number of esters is 1.